The summed E-state index contributed by atoms with van der Waals surface area (Å²) in [6.07, 6.45) is 1.60. The molecule has 24 heavy (non-hydrogen) atoms. The normalized spacial score (nSPS) is 17.7. The second-order valence-electron chi connectivity index (χ2n) is 6.03. The van der Waals surface area contributed by atoms with Crippen LogP contribution in [0.3, 0.4) is 0 Å². The van der Waals surface area contributed by atoms with Crippen molar-refractivity contribution in [2.45, 2.75) is 19.9 Å². The maximum Gasteiger partial charge on any atom is 0.189 e. The van der Waals surface area contributed by atoms with Crippen molar-refractivity contribution in [2.24, 2.45) is 0 Å². The van der Waals surface area contributed by atoms with Crippen molar-refractivity contribution >= 4 is 17.2 Å². The summed E-state index contributed by atoms with van der Waals surface area (Å²) in [5, 5.41) is 3.51. The Hall–Kier alpha value is -2.75. The van der Waals surface area contributed by atoms with Crippen molar-refractivity contribution in [1.29, 1.82) is 0 Å². The van der Waals surface area contributed by atoms with Gasteiger partial charge in [0, 0.05) is 36.5 Å². The fourth-order valence-electron chi connectivity index (χ4n) is 3.44. The van der Waals surface area contributed by atoms with Gasteiger partial charge in [0.25, 0.3) is 0 Å². The van der Waals surface area contributed by atoms with Crippen molar-refractivity contribution in [1.82, 2.24) is 0 Å². The molecule has 1 heterocycles. The van der Waals surface area contributed by atoms with Crippen LogP contribution in [0.5, 0.6) is 5.75 Å². The third kappa shape index (κ3) is 2.26. The molecule has 0 radical (unpaired) electrons. The summed E-state index contributed by atoms with van der Waals surface area (Å²) in [4.78, 5) is 14.6. The maximum atomic E-state index is 12.3. The molecular formula is C20H20N2O2. The summed E-state index contributed by atoms with van der Waals surface area (Å²) in [5.41, 5.74) is 3.79. The molecule has 0 fully saturated rings. The van der Waals surface area contributed by atoms with Gasteiger partial charge < -0.3 is 15.0 Å². The topological polar surface area (TPSA) is 41.6 Å². The molecule has 0 spiro atoms. The Kier molecular flexibility index (Phi) is 3.53. The van der Waals surface area contributed by atoms with E-state index in [0.29, 0.717) is 5.76 Å². The predicted molar refractivity (Wildman–Crippen MR) is 95.9 cm³/mol. The Balaban J connectivity index is 1.74. The number of allylic oxidation sites excluding steroid dienone is 1. The molecule has 4 rings (SSSR count). The molecule has 1 N–H and O–H groups in total. The average Bonchev–Trinajstić information content (AvgIpc) is 2.62. The van der Waals surface area contributed by atoms with Gasteiger partial charge in [0.15, 0.2) is 11.5 Å². The number of hydrogen-bond acceptors (Lipinski definition) is 4. The minimum absolute atomic E-state index is 0.00185. The molecule has 1 aliphatic heterocycles. The van der Waals surface area contributed by atoms with E-state index in [1.54, 1.807) is 6.08 Å². The molecule has 2 aliphatic rings. The van der Waals surface area contributed by atoms with Gasteiger partial charge in [-0.15, -0.1) is 0 Å². The van der Waals surface area contributed by atoms with E-state index < -0.39 is 0 Å². The molecule has 2 aromatic rings. The first-order chi connectivity index (χ1) is 11.7. The molecule has 1 aliphatic carbocycles. The van der Waals surface area contributed by atoms with Crippen molar-refractivity contribution in [2.75, 3.05) is 23.3 Å². The monoisotopic (exact) mass is 320 g/mol. The van der Waals surface area contributed by atoms with E-state index in [2.05, 4.69) is 36.2 Å². The van der Waals surface area contributed by atoms with E-state index in [1.165, 1.54) is 0 Å². The van der Waals surface area contributed by atoms with Crippen LogP contribution in [0, 0.1) is 0 Å². The van der Waals surface area contributed by atoms with Crippen molar-refractivity contribution < 1.29 is 9.53 Å². The first-order valence-corrected chi connectivity index (χ1v) is 8.39. The summed E-state index contributed by atoms with van der Waals surface area (Å²) < 4.78 is 6.09. The maximum absolute atomic E-state index is 12.3. The summed E-state index contributed by atoms with van der Waals surface area (Å²) in [5.74, 6) is 1.44. The summed E-state index contributed by atoms with van der Waals surface area (Å²) in [6, 6.07) is 13.8. The molecule has 4 heteroatoms. The highest BCUT2D eigenvalue weighted by Gasteiger charge is 2.33. The minimum Gasteiger partial charge on any atom is -0.457 e. The Morgan fingerprint density at radius 1 is 1.12 bits per heavy atom. The lowest BCUT2D eigenvalue weighted by molar-refractivity contribution is 0.103. The minimum atomic E-state index is -0.106. The zero-order valence-corrected chi connectivity index (χ0v) is 13.9. The van der Waals surface area contributed by atoms with E-state index in [4.69, 9.17) is 4.74 Å². The van der Waals surface area contributed by atoms with E-state index in [0.717, 1.165) is 41.3 Å². The van der Waals surface area contributed by atoms with Crippen LogP contribution in [0.15, 0.2) is 54.3 Å². The molecule has 122 valence electrons. The third-order valence-electron chi connectivity index (χ3n) is 4.72. The summed E-state index contributed by atoms with van der Waals surface area (Å²) in [6.45, 7) is 6.16. The van der Waals surface area contributed by atoms with Gasteiger partial charge >= 0.3 is 0 Å². The van der Waals surface area contributed by atoms with Gasteiger partial charge in [0.1, 0.15) is 11.8 Å². The van der Waals surface area contributed by atoms with Gasteiger partial charge in [-0.1, -0.05) is 24.3 Å². The van der Waals surface area contributed by atoms with E-state index >= 15 is 0 Å². The first kappa shape index (κ1) is 14.8. The smallest absolute Gasteiger partial charge is 0.189 e. The Bertz CT molecular complexity index is 837. The highest BCUT2D eigenvalue weighted by atomic mass is 16.5. The van der Waals surface area contributed by atoms with Crippen LogP contribution in [0.4, 0.5) is 11.4 Å². The zero-order chi connectivity index (χ0) is 16.7. The number of benzene rings is 2. The first-order valence-electron chi connectivity index (χ1n) is 8.39. The predicted octanol–water partition coefficient (Wildman–Crippen LogP) is 4.16. The lowest BCUT2D eigenvalue weighted by Gasteiger charge is -2.33. The van der Waals surface area contributed by atoms with E-state index in [-0.39, 0.29) is 11.8 Å². The van der Waals surface area contributed by atoms with Gasteiger partial charge in [-0.05, 0) is 31.5 Å². The number of nitrogens with one attached hydrogen (secondary N) is 1. The van der Waals surface area contributed by atoms with Crippen molar-refractivity contribution in [3.8, 4) is 5.75 Å². The number of ketones is 1. The Morgan fingerprint density at radius 3 is 2.71 bits per heavy atom. The van der Waals surface area contributed by atoms with Gasteiger partial charge in [0.05, 0.1) is 5.69 Å². The molecular weight excluding hydrogens is 300 g/mol. The number of rotatable bonds is 3. The van der Waals surface area contributed by atoms with Crippen LogP contribution < -0.4 is 15.0 Å². The third-order valence-corrected chi connectivity index (χ3v) is 4.72. The molecule has 0 saturated heterocycles. The van der Waals surface area contributed by atoms with Crippen LogP contribution in [0.1, 0.15) is 35.8 Å². The number of ether oxygens (including phenoxy) is 1. The van der Waals surface area contributed by atoms with Gasteiger partial charge in [-0.2, -0.15) is 0 Å². The van der Waals surface area contributed by atoms with Crippen LogP contribution in [-0.4, -0.2) is 18.9 Å². The lowest BCUT2D eigenvalue weighted by atomic mass is 9.89. The highest BCUT2D eigenvalue weighted by molar-refractivity contribution is 6.07. The van der Waals surface area contributed by atoms with Crippen LogP contribution >= 0.6 is 0 Å². The fourth-order valence-corrected chi connectivity index (χ4v) is 3.44. The summed E-state index contributed by atoms with van der Waals surface area (Å²) >= 11 is 0. The number of nitrogens with zero attached hydrogens (tertiary/aromatic N) is 1. The Labute approximate surface area is 141 Å². The van der Waals surface area contributed by atoms with Crippen molar-refractivity contribution in [3.63, 3.8) is 0 Å². The number of carbonyl (C=O) groups excluding carboxylic acids is 1. The van der Waals surface area contributed by atoms with E-state index in [9.17, 15) is 4.79 Å². The largest absolute Gasteiger partial charge is 0.457 e. The lowest BCUT2D eigenvalue weighted by Crippen LogP contribution is -2.28. The van der Waals surface area contributed by atoms with Crippen LogP contribution in [0.2, 0.25) is 0 Å². The Morgan fingerprint density at radius 2 is 1.92 bits per heavy atom. The van der Waals surface area contributed by atoms with Gasteiger partial charge in [-0.3, -0.25) is 4.79 Å². The average molecular weight is 320 g/mol. The van der Waals surface area contributed by atoms with Crippen LogP contribution in [0.25, 0.3) is 0 Å². The van der Waals surface area contributed by atoms with Crippen LogP contribution in [-0.2, 0) is 0 Å². The molecule has 0 saturated carbocycles. The standard InChI is InChI=1S/C20H20N2O2/c1-3-22(4-2)13-9-10-16-18(11-13)24-19-12-17(23)14-7-5-6-8-15(14)20(19)21-16/h5-12,20-21H,3-4H2,1-2H3. The zero-order valence-electron chi connectivity index (χ0n) is 13.9. The van der Waals surface area contributed by atoms with Gasteiger partial charge in [0.2, 0.25) is 0 Å². The molecule has 1 unspecified atom stereocenters. The molecule has 1 atom stereocenters. The second kappa shape index (κ2) is 5.71. The molecule has 2 aromatic carbocycles. The SMILES string of the molecule is CCN(CC)c1ccc2c(c1)OC1=CC(=O)c3ccccc3C1N2. The molecule has 0 bridgehead atoms. The molecule has 4 nitrogen and oxygen atoms in total. The quantitative estimate of drug-likeness (QED) is 0.922. The fraction of sp³-hybridized carbons (Fsp3) is 0.250. The number of fused-ring (bicyclic) bond motifs is 4. The van der Waals surface area contributed by atoms with E-state index in [1.807, 2.05) is 30.3 Å². The molecule has 0 aromatic heterocycles. The number of carbonyl (C=O) groups is 1. The van der Waals surface area contributed by atoms with Crippen molar-refractivity contribution in [3.05, 3.63) is 65.4 Å². The molecule has 0 amide bonds. The second-order valence-corrected chi connectivity index (χ2v) is 6.03. The summed E-state index contributed by atoms with van der Waals surface area (Å²) in [7, 11) is 0. The van der Waals surface area contributed by atoms with Gasteiger partial charge in [-0.25, -0.2) is 0 Å². The highest BCUT2D eigenvalue weighted by Crippen LogP contribution is 2.43. The number of hydrogen-bond donors (Lipinski definition) is 1. The number of anilines is 2.